The van der Waals surface area contributed by atoms with Crippen LogP contribution in [0.1, 0.15) is 5.56 Å². The van der Waals surface area contributed by atoms with Crippen LogP contribution in [0, 0.1) is 17.0 Å². The molecule has 0 unspecified atom stereocenters. The molecule has 1 aromatic carbocycles. The maximum atomic E-state index is 10.5. The van der Waals surface area contributed by atoms with Gasteiger partial charge in [-0.15, -0.1) is 0 Å². The van der Waals surface area contributed by atoms with Gasteiger partial charge in [-0.05, 0) is 13.0 Å². The van der Waals surface area contributed by atoms with Gasteiger partial charge in [0, 0.05) is 5.56 Å². The van der Waals surface area contributed by atoms with Crippen molar-refractivity contribution in [1.82, 2.24) is 0 Å². The van der Waals surface area contributed by atoms with Crippen molar-refractivity contribution < 1.29 is 9.66 Å². The molecule has 1 aromatic rings. The van der Waals surface area contributed by atoms with Crippen molar-refractivity contribution in [1.29, 1.82) is 0 Å². The molecule has 0 aliphatic carbocycles. The molecular formula is C8H8ClNO3. The van der Waals surface area contributed by atoms with Crippen LogP contribution >= 0.6 is 11.6 Å². The Kier molecular flexibility index (Phi) is 2.72. The van der Waals surface area contributed by atoms with Crippen LogP contribution in [0.3, 0.4) is 0 Å². The summed E-state index contributed by atoms with van der Waals surface area (Å²) < 4.78 is 4.85. The molecule has 0 heterocycles. The Balaban J connectivity index is 3.33. The number of benzene rings is 1. The van der Waals surface area contributed by atoms with Crippen LogP contribution in [0.2, 0.25) is 5.02 Å². The molecule has 70 valence electrons. The van der Waals surface area contributed by atoms with E-state index < -0.39 is 4.92 Å². The van der Waals surface area contributed by atoms with E-state index in [0.29, 0.717) is 16.3 Å². The topological polar surface area (TPSA) is 52.4 Å². The van der Waals surface area contributed by atoms with Crippen molar-refractivity contribution in [3.05, 3.63) is 32.8 Å². The van der Waals surface area contributed by atoms with Crippen LogP contribution in [0.5, 0.6) is 5.75 Å². The minimum atomic E-state index is -0.482. The molecule has 0 saturated carbocycles. The van der Waals surface area contributed by atoms with E-state index in [1.54, 1.807) is 13.0 Å². The quantitative estimate of drug-likeness (QED) is 0.546. The number of nitro benzene ring substituents is 1. The minimum Gasteiger partial charge on any atom is -0.496 e. The van der Waals surface area contributed by atoms with E-state index in [-0.39, 0.29) is 5.69 Å². The second-order valence-electron chi connectivity index (χ2n) is 2.51. The second kappa shape index (κ2) is 3.62. The monoisotopic (exact) mass is 201 g/mol. The summed E-state index contributed by atoms with van der Waals surface area (Å²) in [6, 6.07) is 2.89. The fourth-order valence-corrected chi connectivity index (χ4v) is 1.15. The van der Waals surface area contributed by atoms with E-state index in [0.717, 1.165) is 0 Å². The lowest BCUT2D eigenvalue weighted by molar-refractivity contribution is -0.385. The summed E-state index contributed by atoms with van der Waals surface area (Å²) in [4.78, 5) is 10.1. The molecule has 0 saturated heterocycles. The number of halogens is 1. The Morgan fingerprint density at radius 2 is 2.15 bits per heavy atom. The van der Waals surface area contributed by atoms with Crippen LogP contribution in [0.25, 0.3) is 0 Å². The highest BCUT2D eigenvalue weighted by Gasteiger charge is 2.15. The maximum absolute atomic E-state index is 10.5. The lowest BCUT2D eigenvalue weighted by Crippen LogP contribution is -1.93. The van der Waals surface area contributed by atoms with Crippen molar-refractivity contribution in [2.75, 3.05) is 7.11 Å². The molecule has 0 fully saturated rings. The van der Waals surface area contributed by atoms with Crippen LogP contribution in [-0.2, 0) is 0 Å². The van der Waals surface area contributed by atoms with Gasteiger partial charge < -0.3 is 4.74 Å². The van der Waals surface area contributed by atoms with Crippen LogP contribution in [-0.4, -0.2) is 12.0 Å². The van der Waals surface area contributed by atoms with Gasteiger partial charge in [0.05, 0.1) is 23.1 Å². The lowest BCUT2D eigenvalue weighted by Gasteiger charge is -2.03. The summed E-state index contributed by atoms with van der Waals surface area (Å²) in [7, 11) is 1.44. The van der Waals surface area contributed by atoms with E-state index in [1.165, 1.54) is 13.2 Å². The smallest absolute Gasteiger partial charge is 0.277 e. The maximum Gasteiger partial charge on any atom is 0.277 e. The third-order valence-electron chi connectivity index (χ3n) is 1.72. The van der Waals surface area contributed by atoms with Gasteiger partial charge in [0.15, 0.2) is 0 Å². The van der Waals surface area contributed by atoms with Gasteiger partial charge in [0.1, 0.15) is 5.75 Å². The van der Waals surface area contributed by atoms with E-state index in [9.17, 15) is 10.1 Å². The summed E-state index contributed by atoms with van der Waals surface area (Å²) in [5.41, 5.74) is 0.428. The van der Waals surface area contributed by atoms with E-state index >= 15 is 0 Å². The van der Waals surface area contributed by atoms with Crippen molar-refractivity contribution in [3.63, 3.8) is 0 Å². The van der Waals surface area contributed by atoms with Gasteiger partial charge >= 0.3 is 0 Å². The number of methoxy groups -OCH3 is 1. The average Bonchev–Trinajstić information content (AvgIpc) is 2.09. The zero-order valence-electron chi connectivity index (χ0n) is 7.20. The lowest BCUT2D eigenvalue weighted by atomic mass is 10.2. The molecule has 0 bridgehead atoms. The van der Waals surface area contributed by atoms with E-state index in [1.807, 2.05) is 0 Å². The highest BCUT2D eigenvalue weighted by molar-refractivity contribution is 6.31. The predicted octanol–water partition coefficient (Wildman–Crippen LogP) is 2.57. The molecule has 0 atom stereocenters. The summed E-state index contributed by atoms with van der Waals surface area (Å²) in [6.07, 6.45) is 0. The first-order valence-electron chi connectivity index (χ1n) is 3.54. The Morgan fingerprint density at radius 1 is 1.54 bits per heavy atom. The number of hydrogen-bond acceptors (Lipinski definition) is 3. The SMILES string of the molecule is COc1cc(Cl)c(C)c([N+](=O)[O-])c1. The molecule has 0 N–H and O–H groups in total. The van der Waals surface area contributed by atoms with Gasteiger partial charge in [0.2, 0.25) is 0 Å². The Labute approximate surface area is 80.2 Å². The van der Waals surface area contributed by atoms with Crippen molar-refractivity contribution in [2.24, 2.45) is 0 Å². The van der Waals surface area contributed by atoms with Gasteiger partial charge in [-0.1, -0.05) is 11.6 Å². The first-order valence-corrected chi connectivity index (χ1v) is 3.92. The molecular weight excluding hydrogens is 194 g/mol. The fourth-order valence-electron chi connectivity index (χ4n) is 0.948. The Morgan fingerprint density at radius 3 is 2.62 bits per heavy atom. The molecule has 0 spiro atoms. The second-order valence-corrected chi connectivity index (χ2v) is 2.92. The highest BCUT2D eigenvalue weighted by atomic mass is 35.5. The summed E-state index contributed by atoms with van der Waals surface area (Å²) in [6.45, 7) is 1.60. The largest absolute Gasteiger partial charge is 0.496 e. The predicted molar refractivity (Wildman–Crippen MR) is 49.4 cm³/mol. The van der Waals surface area contributed by atoms with Crippen LogP contribution < -0.4 is 4.74 Å². The van der Waals surface area contributed by atoms with Crippen LogP contribution in [0.4, 0.5) is 5.69 Å². The molecule has 4 nitrogen and oxygen atoms in total. The Hall–Kier alpha value is -1.29. The standard InChI is InChI=1S/C8H8ClNO3/c1-5-7(9)3-6(13-2)4-8(5)10(11)12/h3-4H,1-2H3. The normalized spacial score (nSPS) is 9.77. The van der Waals surface area contributed by atoms with Gasteiger partial charge in [-0.2, -0.15) is 0 Å². The molecule has 0 aromatic heterocycles. The molecule has 1 rings (SSSR count). The van der Waals surface area contributed by atoms with Gasteiger partial charge in [-0.3, -0.25) is 10.1 Å². The zero-order chi connectivity index (χ0) is 10.0. The number of ether oxygens (including phenoxy) is 1. The van der Waals surface area contributed by atoms with E-state index in [4.69, 9.17) is 16.3 Å². The third kappa shape index (κ3) is 1.89. The molecule has 0 aliphatic rings. The first kappa shape index (κ1) is 9.80. The third-order valence-corrected chi connectivity index (χ3v) is 2.12. The zero-order valence-corrected chi connectivity index (χ0v) is 7.96. The Bertz CT molecular complexity index is 351. The summed E-state index contributed by atoms with van der Waals surface area (Å²) in [5.74, 6) is 0.391. The summed E-state index contributed by atoms with van der Waals surface area (Å²) >= 11 is 5.76. The van der Waals surface area contributed by atoms with Crippen LogP contribution in [0.15, 0.2) is 12.1 Å². The molecule has 13 heavy (non-hydrogen) atoms. The van der Waals surface area contributed by atoms with E-state index in [2.05, 4.69) is 0 Å². The van der Waals surface area contributed by atoms with Crippen molar-refractivity contribution in [2.45, 2.75) is 6.92 Å². The molecule has 5 heteroatoms. The number of hydrogen-bond donors (Lipinski definition) is 0. The summed E-state index contributed by atoms with van der Waals surface area (Å²) in [5, 5.41) is 10.9. The average molecular weight is 202 g/mol. The number of rotatable bonds is 2. The fraction of sp³-hybridized carbons (Fsp3) is 0.250. The van der Waals surface area contributed by atoms with Gasteiger partial charge in [-0.25, -0.2) is 0 Å². The van der Waals surface area contributed by atoms with Crippen molar-refractivity contribution >= 4 is 17.3 Å². The van der Waals surface area contributed by atoms with Gasteiger partial charge in [0.25, 0.3) is 5.69 Å². The number of nitro groups is 1. The molecule has 0 aliphatic heterocycles. The minimum absolute atomic E-state index is 0.0237. The molecule has 0 radical (unpaired) electrons. The first-order chi connectivity index (χ1) is 6.06. The van der Waals surface area contributed by atoms with Crippen molar-refractivity contribution in [3.8, 4) is 5.75 Å². The highest BCUT2D eigenvalue weighted by Crippen LogP contribution is 2.30. The number of nitrogens with zero attached hydrogens (tertiary/aromatic N) is 1. The molecule has 0 amide bonds.